The Balaban J connectivity index is 2.06. The van der Waals surface area contributed by atoms with E-state index in [1.807, 2.05) is 0 Å². The Bertz CT molecular complexity index is 873. The number of alkyl carbamates (subject to hydrolysis) is 1. The molecule has 0 aliphatic rings. The molecule has 0 aliphatic carbocycles. The molecule has 2 rings (SSSR count). The van der Waals surface area contributed by atoms with Gasteiger partial charge in [0.1, 0.15) is 6.10 Å². The lowest BCUT2D eigenvalue weighted by atomic mass is 10.0. The maximum Gasteiger partial charge on any atom is 0.414 e. The molecule has 0 aromatic heterocycles. The molecular formula is C21H23NO7S. The Morgan fingerprint density at radius 2 is 1.87 bits per heavy atom. The topological polar surface area (TPSA) is 111 Å². The molecular weight excluding hydrogens is 410 g/mol. The summed E-state index contributed by atoms with van der Waals surface area (Å²) >= 11 is 3.83. The summed E-state index contributed by atoms with van der Waals surface area (Å²) < 4.78 is 15.4. The predicted octanol–water partition coefficient (Wildman–Crippen LogP) is 3.26. The van der Waals surface area contributed by atoms with E-state index in [4.69, 9.17) is 14.2 Å². The van der Waals surface area contributed by atoms with Crippen LogP contribution in [0.15, 0.2) is 48.5 Å². The summed E-state index contributed by atoms with van der Waals surface area (Å²) in [5.74, 6) is -0.936. The Morgan fingerprint density at radius 3 is 2.50 bits per heavy atom. The average molecular weight is 433 g/mol. The molecule has 2 amide bonds. The molecule has 0 saturated carbocycles. The molecule has 0 radical (unpaired) electrons. The number of ether oxygens (including phenoxy) is 3. The number of amides is 2. The van der Waals surface area contributed by atoms with E-state index in [0.717, 1.165) is 0 Å². The molecule has 0 spiro atoms. The summed E-state index contributed by atoms with van der Waals surface area (Å²) in [5, 5.41) is 12.2. The molecule has 2 aromatic carbocycles. The third-order valence-corrected chi connectivity index (χ3v) is 4.34. The second-order valence-corrected chi connectivity index (χ2v) is 6.48. The molecule has 30 heavy (non-hydrogen) atoms. The van der Waals surface area contributed by atoms with E-state index in [9.17, 15) is 19.5 Å². The Kier molecular flexibility index (Phi) is 9.02. The van der Waals surface area contributed by atoms with Crippen molar-refractivity contribution in [3.8, 4) is 11.5 Å². The molecule has 0 saturated heterocycles. The number of esters is 1. The van der Waals surface area contributed by atoms with Gasteiger partial charge in [0, 0.05) is 5.56 Å². The second-order valence-electron chi connectivity index (χ2n) is 6.17. The van der Waals surface area contributed by atoms with E-state index < -0.39 is 24.1 Å². The van der Waals surface area contributed by atoms with Crippen LogP contribution in [0.3, 0.4) is 0 Å². The van der Waals surface area contributed by atoms with Crippen LogP contribution in [0, 0.1) is 0 Å². The van der Waals surface area contributed by atoms with Crippen molar-refractivity contribution in [2.45, 2.75) is 18.9 Å². The normalized spacial score (nSPS) is 11.3. The molecule has 1 atom stereocenters. The number of hydrogen-bond acceptors (Lipinski definition) is 8. The minimum Gasteiger partial charge on any atom is -0.504 e. The number of rotatable bonds is 9. The minimum absolute atomic E-state index is 0.0315. The van der Waals surface area contributed by atoms with Gasteiger partial charge in [-0.15, -0.1) is 0 Å². The Hall–Kier alpha value is -3.20. The first-order valence-electron chi connectivity index (χ1n) is 9.15. The van der Waals surface area contributed by atoms with Gasteiger partial charge in [0.25, 0.3) is 5.91 Å². The summed E-state index contributed by atoms with van der Waals surface area (Å²) in [4.78, 5) is 35.6. The molecule has 0 fully saturated rings. The van der Waals surface area contributed by atoms with E-state index in [2.05, 4.69) is 17.9 Å². The molecule has 9 heteroatoms. The van der Waals surface area contributed by atoms with Gasteiger partial charge in [-0.1, -0.05) is 24.3 Å². The highest BCUT2D eigenvalue weighted by molar-refractivity contribution is 7.81. The van der Waals surface area contributed by atoms with Crippen LogP contribution in [-0.4, -0.2) is 42.5 Å². The quantitative estimate of drug-likeness (QED) is 0.316. The van der Waals surface area contributed by atoms with Crippen LogP contribution in [0.1, 0.15) is 34.9 Å². The summed E-state index contributed by atoms with van der Waals surface area (Å²) in [6.07, 6.45) is -1.05. The third-order valence-electron chi connectivity index (χ3n) is 4.08. The van der Waals surface area contributed by atoms with Gasteiger partial charge in [-0.05, 0) is 42.7 Å². The van der Waals surface area contributed by atoms with E-state index in [1.54, 1.807) is 36.4 Å². The highest BCUT2D eigenvalue weighted by Gasteiger charge is 2.20. The number of phenols is 1. The summed E-state index contributed by atoms with van der Waals surface area (Å²) in [7, 11) is 1.42. The maximum atomic E-state index is 12.3. The number of thiol groups is 1. The van der Waals surface area contributed by atoms with Crippen LogP contribution in [-0.2, 0) is 14.3 Å². The Labute approximate surface area is 179 Å². The Morgan fingerprint density at radius 1 is 1.13 bits per heavy atom. The van der Waals surface area contributed by atoms with Gasteiger partial charge >= 0.3 is 12.1 Å². The zero-order valence-corrected chi connectivity index (χ0v) is 17.3. The van der Waals surface area contributed by atoms with Gasteiger partial charge in [-0.2, -0.15) is 12.6 Å². The van der Waals surface area contributed by atoms with Gasteiger partial charge in [-0.3, -0.25) is 14.9 Å². The fraction of sp³-hybridized carbons (Fsp3) is 0.286. The summed E-state index contributed by atoms with van der Waals surface area (Å²) in [6.45, 7) is 0.117. The van der Waals surface area contributed by atoms with E-state index in [-0.39, 0.29) is 23.9 Å². The van der Waals surface area contributed by atoms with Crippen LogP contribution < -0.4 is 10.1 Å². The zero-order chi connectivity index (χ0) is 21.9. The summed E-state index contributed by atoms with van der Waals surface area (Å²) in [6, 6.07) is 12.8. The van der Waals surface area contributed by atoms with E-state index >= 15 is 0 Å². The van der Waals surface area contributed by atoms with Crippen molar-refractivity contribution in [3.05, 3.63) is 59.7 Å². The van der Waals surface area contributed by atoms with Crippen LogP contribution >= 0.6 is 12.6 Å². The number of carbonyl (C=O) groups excluding carboxylic acids is 3. The number of nitrogens with one attached hydrogen (secondary N) is 1. The lowest BCUT2D eigenvalue weighted by molar-refractivity contribution is -0.140. The number of hydrogen-bond donors (Lipinski definition) is 3. The van der Waals surface area contributed by atoms with Gasteiger partial charge < -0.3 is 19.3 Å². The van der Waals surface area contributed by atoms with E-state index in [0.29, 0.717) is 24.0 Å². The van der Waals surface area contributed by atoms with Crippen molar-refractivity contribution >= 4 is 30.6 Å². The van der Waals surface area contributed by atoms with Crippen LogP contribution in [0.25, 0.3) is 0 Å². The number of phenolic OH excluding ortho intramolecular Hbond substituents is 1. The zero-order valence-electron chi connectivity index (χ0n) is 16.4. The molecule has 160 valence electrons. The fourth-order valence-electron chi connectivity index (χ4n) is 2.61. The molecule has 2 N–H and O–H groups in total. The van der Waals surface area contributed by atoms with Crippen molar-refractivity contribution in [2.24, 2.45) is 0 Å². The van der Waals surface area contributed by atoms with Crippen molar-refractivity contribution in [2.75, 3.05) is 19.5 Å². The first-order valence-corrected chi connectivity index (χ1v) is 9.78. The average Bonchev–Trinajstić information content (AvgIpc) is 2.76. The first-order chi connectivity index (χ1) is 14.4. The van der Waals surface area contributed by atoms with Gasteiger partial charge in [0.05, 0.1) is 19.5 Å². The highest BCUT2D eigenvalue weighted by atomic mass is 32.1. The van der Waals surface area contributed by atoms with Gasteiger partial charge in [-0.25, -0.2) is 4.79 Å². The molecule has 0 heterocycles. The SMILES string of the molecule is COc1ccc([C@H](CCCOC(=O)CS)OC(=O)NC(=O)c2ccccc2)cc1O. The van der Waals surface area contributed by atoms with Gasteiger partial charge in [0.15, 0.2) is 11.5 Å². The van der Waals surface area contributed by atoms with Crippen molar-refractivity contribution in [1.82, 2.24) is 5.32 Å². The largest absolute Gasteiger partial charge is 0.504 e. The number of aromatic hydroxyl groups is 1. The van der Waals surface area contributed by atoms with Crippen LogP contribution in [0.2, 0.25) is 0 Å². The standard InChI is InChI=1S/C21H23NO7S/c1-27-18-10-9-15(12-16(18)23)17(8-5-11-28-19(24)13-30)29-21(26)22-20(25)14-6-3-2-4-7-14/h2-4,6-7,9-10,12,17,23,30H,5,8,11,13H2,1H3,(H,22,25,26)/t17-/m0/s1. The minimum atomic E-state index is -0.934. The summed E-state index contributed by atoms with van der Waals surface area (Å²) in [5.41, 5.74) is 0.808. The molecule has 0 bridgehead atoms. The molecule has 0 unspecified atom stereocenters. The van der Waals surface area contributed by atoms with Crippen molar-refractivity contribution in [1.29, 1.82) is 0 Å². The molecule has 2 aromatic rings. The highest BCUT2D eigenvalue weighted by Crippen LogP contribution is 2.32. The smallest absolute Gasteiger partial charge is 0.414 e. The number of carbonyl (C=O) groups is 3. The van der Waals surface area contributed by atoms with Crippen molar-refractivity contribution < 1.29 is 33.7 Å². The number of imide groups is 1. The fourth-order valence-corrected chi connectivity index (χ4v) is 2.71. The molecule has 0 aliphatic heterocycles. The number of methoxy groups -OCH3 is 1. The van der Waals surface area contributed by atoms with E-state index in [1.165, 1.54) is 19.2 Å². The maximum absolute atomic E-state index is 12.3. The van der Waals surface area contributed by atoms with Gasteiger partial charge in [0.2, 0.25) is 0 Å². The predicted molar refractivity (Wildman–Crippen MR) is 112 cm³/mol. The third kappa shape index (κ3) is 7.00. The first kappa shape index (κ1) is 23.1. The van der Waals surface area contributed by atoms with Crippen molar-refractivity contribution in [3.63, 3.8) is 0 Å². The second kappa shape index (κ2) is 11.7. The monoisotopic (exact) mass is 433 g/mol. The number of benzene rings is 2. The molecule has 8 nitrogen and oxygen atoms in total. The van der Waals surface area contributed by atoms with Crippen LogP contribution in [0.4, 0.5) is 4.79 Å². The van der Waals surface area contributed by atoms with Crippen LogP contribution in [0.5, 0.6) is 11.5 Å². The lowest BCUT2D eigenvalue weighted by Gasteiger charge is -2.19. The lowest BCUT2D eigenvalue weighted by Crippen LogP contribution is -2.32.